The molecule has 0 saturated heterocycles. The summed E-state index contributed by atoms with van der Waals surface area (Å²) >= 11 is 0. The molecular weight excluding hydrogens is 390 g/mol. The molecule has 2 aromatic carbocycles. The first-order chi connectivity index (χ1) is 13.8. The smallest absolute Gasteiger partial charge is 0.339 e. The molecule has 1 amide bonds. The zero-order valence-electron chi connectivity index (χ0n) is 16.6. The number of fused-ring (bicyclic) bond motifs is 1. The molecule has 1 aliphatic carbocycles. The Morgan fingerprint density at radius 3 is 2.55 bits per heavy atom. The van der Waals surface area contributed by atoms with E-state index in [9.17, 15) is 18.0 Å². The van der Waals surface area contributed by atoms with Crippen LogP contribution in [0.15, 0.2) is 53.4 Å². The van der Waals surface area contributed by atoms with Gasteiger partial charge in [-0.1, -0.05) is 43.3 Å². The molecule has 0 bridgehead atoms. The number of nitrogens with zero attached hydrogens (tertiary/aromatic N) is 1. The van der Waals surface area contributed by atoms with E-state index in [0.717, 1.165) is 24.8 Å². The zero-order chi connectivity index (χ0) is 21.0. The zero-order valence-corrected chi connectivity index (χ0v) is 17.4. The molecular formula is C22H25NO5S. The quantitative estimate of drug-likeness (QED) is 0.677. The molecule has 2 aromatic rings. The van der Waals surface area contributed by atoms with Gasteiger partial charge in [-0.2, -0.15) is 0 Å². The molecule has 6 nitrogen and oxygen atoms in total. The molecule has 29 heavy (non-hydrogen) atoms. The third-order valence-electron chi connectivity index (χ3n) is 5.35. The Morgan fingerprint density at radius 1 is 1.10 bits per heavy atom. The molecule has 0 fully saturated rings. The van der Waals surface area contributed by atoms with Crippen molar-refractivity contribution in [1.82, 2.24) is 4.90 Å². The van der Waals surface area contributed by atoms with E-state index in [4.69, 9.17) is 4.74 Å². The van der Waals surface area contributed by atoms with E-state index in [1.165, 1.54) is 24.6 Å². The molecule has 0 heterocycles. The fraction of sp³-hybridized carbons (Fsp3) is 0.364. The standard InChI is InChI=1S/C22H25NO5S/c1-3-29(26,27)20-14-7-6-12-18(20)22(25)28-15-21(24)23(2)19-13-8-10-16-9-4-5-11-17(16)19/h4-7,9,11-12,14,19H,3,8,10,13,15H2,1-2H3/t19-/m1/s1. The Bertz CT molecular complexity index is 1020. The van der Waals surface area contributed by atoms with Gasteiger partial charge in [0.15, 0.2) is 16.4 Å². The lowest BCUT2D eigenvalue weighted by atomic mass is 9.87. The van der Waals surface area contributed by atoms with Gasteiger partial charge in [0.25, 0.3) is 5.91 Å². The average molecular weight is 416 g/mol. The lowest BCUT2D eigenvalue weighted by molar-refractivity contribution is -0.135. The third-order valence-corrected chi connectivity index (χ3v) is 7.13. The van der Waals surface area contributed by atoms with E-state index in [-0.39, 0.29) is 28.2 Å². The van der Waals surface area contributed by atoms with Crippen molar-refractivity contribution in [2.75, 3.05) is 19.4 Å². The van der Waals surface area contributed by atoms with Gasteiger partial charge in [-0.25, -0.2) is 13.2 Å². The highest BCUT2D eigenvalue weighted by Gasteiger charge is 2.28. The van der Waals surface area contributed by atoms with Crippen LogP contribution in [0.3, 0.4) is 0 Å². The first-order valence-electron chi connectivity index (χ1n) is 9.67. The van der Waals surface area contributed by atoms with Crippen molar-refractivity contribution in [2.24, 2.45) is 0 Å². The first-order valence-corrected chi connectivity index (χ1v) is 11.3. The summed E-state index contributed by atoms with van der Waals surface area (Å²) in [5.74, 6) is -1.26. The average Bonchev–Trinajstić information content (AvgIpc) is 2.76. The molecule has 0 spiro atoms. The predicted molar refractivity (Wildman–Crippen MR) is 109 cm³/mol. The summed E-state index contributed by atoms with van der Waals surface area (Å²) in [6.07, 6.45) is 2.83. The molecule has 7 heteroatoms. The Morgan fingerprint density at radius 2 is 1.79 bits per heavy atom. The van der Waals surface area contributed by atoms with Crippen molar-refractivity contribution < 1.29 is 22.7 Å². The highest BCUT2D eigenvalue weighted by Crippen LogP contribution is 2.33. The van der Waals surface area contributed by atoms with Gasteiger partial charge in [0.05, 0.1) is 22.3 Å². The summed E-state index contributed by atoms with van der Waals surface area (Å²) in [7, 11) is -1.87. The van der Waals surface area contributed by atoms with Crippen LogP contribution in [-0.4, -0.2) is 44.6 Å². The van der Waals surface area contributed by atoms with E-state index in [2.05, 4.69) is 6.07 Å². The van der Waals surface area contributed by atoms with Crippen LogP contribution in [0.5, 0.6) is 0 Å². The molecule has 3 rings (SSSR count). The normalized spacial score (nSPS) is 16.0. The predicted octanol–water partition coefficient (Wildman–Crippen LogP) is 3.17. The molecule has 0 unspecified atom stereocenters. The number of sulfone groups is 1. The Kier molecular flexibility index (Phi) is 6.37. The van der Waals surface area contributed by atoms with Gasteiger partial charge in [-0.05, 0) is 42.5 Å². The number of esters is 1. The number of rotatable bonds is 6. The van der Waals surface area contributed by atoms with Crippen LogP contribution < -0.4 is 0 Å². The monoisotopic (exact) mass is 415 g/mol. The number of amides is 1. The number of benzene rings is 2. The van der Waals surface area contributed by atoms with Gasteiger partial charge >= 0.3 is 5.97 Å². The SMILES string of the molecule is CCS(=O)(=O)c1ccccc1C(=O)OCC(=O)N(C)[C@@H]1CCCc2ccccc21. The minimum Gasteiger partial charge on any atom is -0.452 e. The summed E-state index contributed by atoms with van der Waals surface area (Å²) in [6.45, 7) is 1.08. The fourth-order valence-corrected chi connectivity index (χ4v) is 4.76. The lowest BCUT2D eigenvalue weighted by Crippen LogP contribution is -2.36. The van der Waals surface area contributed by atoms with Crippen molar-refractivity contribution in [3.8, 4) is 0 Å². The topological polar surface area (TPSA) is 80.7 Å². The number of ether oxygens (including phenoxy) is 1. The summed E-state index contributed by atoms with van der Waals surface area (Å²) < 4.78 is 29.6. The van der Waals surface area contributed by atoms with Crippen molar-refractivity contribution in [3.63, 3.8) is 0 Å². The van der Waals surface area contributed by atoms with Gasteiger partial charge in [0.1, 0.15) is 0 Å². The van der Waals surface area contributed by atoms with Gasteiger partial charge in [0.2, 0.25) is 0 Å². The number of hydrogen-bond acceptors (Lipinski definition) is 5. The molecule has 0 N–H and O–H groups in total. The maximum absolute atomic E-state index is 12.7. The number of aryl methyl sites for hydroxylation is 1. The van der Waals surface area contributed by atoms with Crippen LogP contribution in [0.1, 0.15) is 47.3 Å². The van der Waals surface area contributed by atoms with Crippen LogP contribution >= 0.6 is 0 Å². The van der Waals surface area contributed by atoms with Crippen LogP contribution in [0, 0.1) is 0 Å². The van der Waals surface area contributed by atoms with Crippen LogP contribution in [0.25, 0.3) is 0 Å². The molecule has 0 radical (unpaired) electrons. The molecule has 154 valence electrons. The third kappa shape index (κ3) is 4.50. The summed E-state index contributed by atoms with van der Waals surface area (Å²) in [6, 6.07) is 13.9. The van der Waals surface area contributed by atoms with E-state index >= 15 is 0 Å². The molecule has 0 aromatic heterocycles. The molecule has 1 aliphatic rings. The van der Waals surface area contributed by atoms with Crippen LogP contribution in [0.2, 0.25) is 0 Å². The fourth-order valence-electron chi connectivity index (χ4n) is 3.67. The summed E-state index contributed by atoms with van der Waals surface area (Å²) in [4.78, 5) is 26.7. The number of carbonyl (C=O) groups is 2. The maximum Gasteiger partial charge on any atom is 0.339 e. The van der Waals surface area contributed by atoms with Gasteiger partial charge in [-0.3, -0.25) is 4.79 Å². The number of likely N-dealkylation sites (N-methyl/N-ethyl adjacent to an activating group) is 1. The Balaban J connectivity index is 1.70. The molecule has 0 aliphatic heterocycles. The Labute approximate surface area is 171 Å². The van der Waals surface area contributed by atoms with E-state index in [1.54, 1.807) is 24.1 Å². The largest absolute Gasteiger partial charge is 0.452 e. The molecule has 0 saturated carbocycles. The summed E-state index contributed by atoms with van der Waals surface area (Å²) in [5, 5.41) is 0. The van der Waals surface area contributed by atoms with Crippen molar-refractivity contribution in [3.05, 3.63) is 65.2 Å². The van der Waals surface area contributed by atoms with Crippen molar-refractivity contribution in [2.45, 2.75) is 37.1 Å². The second-order valence-electron chi connectivity index (χ2n) is 7.09. The maximum atomic E-state index is 12.7. The van der Waals surface area contributed by atoms with Crippen molar-refractivity contribution >= 4 is 21.7 Å². The van der Waals surface area contributed by atoms with E-state index in [0.29, 0.717) is 0 Å². The Hall–Kier alpha value is -2.67. The second kappa shape index (κ2) is 8.78. The van der Waals surface area contributed by atoms with Gasteiger partial charge in [0, 0.05) is 7.05 Å². The van der Waals surface area contributed by atoms with Crippen molar-refractivity contribution in [1.29, 1.82) is 0 Å². The second-order valence-corrected chi connectivity index (χ2v) is 9.33. The number of carbonyl (C=O) groups excluding carboxylic acids is 2. The van der Waals surface area contributed by atoms with Gasteiger partial charge < -0.3 is 9.64 Å². The lowest BCUT2D eigenvalue weighted by Gasteiger charge is -2.33. The number of hydrogen-bond donors (Lipinski definition) is 0. The minimum absolute atomic E-state index is 0.0483. The van der Waals surface area contributed by atoms with E-state index < -0.39 is 22.4 Å². The first kappa shape index (κ1) is 21.0. The summed E-state index contributed by atoms with van der Waals surface area (Å²) in [5.41, 5.74) is 2.31. The van der Waals surface area contributed by atoms with Crippen LogP contribution in [0.4, 0.5) is 0 Å². The van der Waals surface area contributed by atoms with E-state index in [1.807, 2.05) is 18.2 Å². The highest BCUT2D eigenvalue weighted by molar-refractivity contribution is 7.91. The molecule has 1 atom stereocenters. The highest BCUT2D eigenvalue weighted by atomic mass is 32.2. The van der Waals surface area contributed by atoms with Gasteiger partial charge in [-0.15, -0.1) is 0 Å². The van der Waals surface area contributed by atoms with Crippen LogP contribution in [-0.2, 0) is 25.8 Å². The minimum atomic E-state index is -3.58.